The van der Waals surface area contributed by atoms with Gasteiger partial charge in [-0.25, -0.2) is 0 Å². The Morgan fingerprint density at radius 1 is 1.30 bits per heavy atom. The van der Waals surface area contributed by atoms with Gasteiger partial charge in [0, 0.05) is 24.2 Å². The van der Waals surface area contributed by atoms with Crippen molar-refractivity contribution in [2.24, 2.45) is 5.41 Å². The highest BCUT2D eigenvalue weighted by Gasteiger charge is 2.21. The SMILES string of the molecule is CC(C)(C)C(=O)Nc1ccc(N2CCOCC2)c(Cl)c1. The Morgan fingerprint density at radius 3 is 2.50 bits per heavy atom. The molecule has 0 atom stereocenters. The van der Waals surface area contributed by atoms with Crippen molar-refractivity contribution >= 4 is 28.9 Å². The Hall–Kier alpha value is -1.26. The van der Waals surface area contributed by atoms with Gasteiger partial charge in [-0.1, -0.05) is 32.4 Å². The summed E-state index contributed by atoms with van der Waals surface area (Å²) >= 11 is 6.33. The van der Waals surface area contributed by atoms with Crippen LogP contribution in [0, 0.1) is 5.41 Å². The average Bonchev–Trinajstić information content (AvgIpc) is 2.38. The average molecular weight is 297 g/mol. The van der Waals surface area contributed by atoms with Gasteiger partial charge in [0.05, 0.1) is 23.9 Å². The van der Waals surface area contributed by atoms with Crippen LogP contribution in [-0.2, 0) is 9.53 Å². The molecule has 2 rings (SSSR count). The lowest BCUT2D eigenvalue weighted by molar-refractivity contribution is -0.123. The number of morpholine rings is 1. The minimum atomic E-state index is -0.421. The Bertz CT molecular complexity index is 491. The normalized spacial score (nSPS) is 16.1. The fourth-order valence-electron chi connectivity index (χ4n) is 1.96. The van der Waals surface area contributed by atoms with Crippen LogP contribution in [0.2, 0.25) is 5.02 Å². The first-order valence-electron chi connectivity index (χ1n) is 6.81. The number of carbonyl (C=O) groups is 1. The first kappa shape index (κ1) is 15.1. The van der Waals surface area contributed by atoms with E-state index in [0.717, 1.165) is 37.7 Å². The molecule has 1 aliphatic heterocycles. The Balaban J connectivity index is 2.11. The standard InChI is InChI=1S/C15H21ClN2O2/c1-15(2,3)14(19)17-11-4-5-13(12(16)10-11)18-6-8-20-9-7-18/h4-5,10H,6-9H2,1-3H3,(H,17,19). The zero-order valence-electron chi connectivity index (χ0n) is 12.2. The molecule has 0 unspecified atom stereocenters. The summed E-state index contributed by atoms with van der Waals surface area (Å²) < 4.78 is 5.33. The monoisotopic (exact) mass is 296 g/mol. The van der Waals surface area contributed by atoms with Crippen molar-refractivity contribution < 1.29 is 9.53 Å². The number of nitrogens with zero attached hydrogens (tertiary/aromatic N) is 1. The van der Waals surface area contributed by atoms with Crippen molar-refractivity contribution in [3.8, 4) is 0 Å². The summed E-state index contributed by atoms with van der Waals surface area (Å²) in [6.07, 6.45) is 0. The molecule has 1 aliphatic rings. The van der Waals surface area contributed by atoms with Crippen LogP contribution in [0.15, 0.2) is 18.2 Å². The molecule has 1 saturated heterocycles. The number of benzene rings is 1. The molecule has 20 heavy (non-hydrogen) atoms. The number of hydrogen-bond donors (Lipinski definition) is 1. The Morgan fingerprint density at radius 2 is 1.95 bits per heavy atom. The maximum Gasteiger partial charge on any atom is 0.229 e. The Kier molecular flexibility index (Phi) is 4.55. The van der Waals surface area contributed by atoms with E-state index in [1.54, 1.807) is 6.07 Å². The maximum absolute atomic E-state index is 12.0. The van der Waals surface area contributed by atoms with Crippen LogP contribution in [0.25, 0.3) is 0 Å². The summed E-state index contributed by atoms with van der Waals surface area (Å²) in [6.45, 7) is 8.77. The highest BCUT2D eigenvalue weighted by Crippen LogP contribution is 2.30. The largest absolute Gasteiger partial charge is 0.378 e. The van der Waals surface area contributed by atoms with Crippen molar-refractivity contribution in [1.82, 2.24) is 0 Å². The highest BCUT2D eigenvalue weighted by molar-refractivity contribution is 6.33. The third kappa shape index (κ3) is 3.64. The molecule has 0 spiro atoms. The number of ether oxygens (including phenoxy) is 1. The van der Waals surface area contributed by atoms with Crippen LogP contribution in [0.4, 0.5) is 11.4 Å². The number of amides is 1. The van der Waals surface area contributed by atoms with E-state index >= 15 is 0 Å². The minimum absolute atomic E-state index is 0.0207. The van der Waals surface area contributed by atoms with Crippen LogP contribution in [0.1, 0.15) is 20.8 Å². The lowest BCUT2D eigenvalue weighted by Gasteiger charge is -2.29. The predicted octanol–water partition coefficient (Wildman–Crippen LogP) is 3.16. The van der Waals surface area contributed by atoms with Gasteiger partial charge in [-0.15, -0.1) is 0 Å². The number of hydrogen-bond acceptors (Lipinski definition) is 3. The molecule has 0 aliphatic carbocycles. The van der Waals surface area contributed by atoms with Crippen LogP contribution in [-0.4, -0.2) is 32.2 Å². The lowest BCUT2D eigenvalue weighted by Crippen LogP contribution is -2.36. The summed E-state index contributed by atoms with van der Waals surface area (Å²) in [5.41, 5.74) is 1.30. The molecule has 1 fully saturated rings. The van der Waals surface area contributed by atoms with E-state index in [-0.39, 0.29) is 5.91 Å². The molecular weight excluding hydrogens is 276 g/mol. The van der Waals surface area contributed by atoms with E-state index < -0.39 is 5.41 Å². The van der Waals surface area contributed by atoms with Crippen molar-refractivity contribution in [2.45, 2.75) is 20.8 Å². The quantitative estimate of drug-likeness (QED) is 0.911. The van der Waals surface area contributed by atoms with Crippen LogP contribution in [0.3, 0.4) is 0 Å². The van der Waals surface area contributed by atoms with E-state index in [0.29, 0.717) is 5.02 Å². The van der Waals surface area contributed by atoms with Gasteiger partial charge in [-0.05, 0) is 18.2 Å². The molecular formula is C15H21ClN2O2. The number of nitrogens with one attached hydrogen (secondary N) is 1. The summed E-state index contributed by atoms with van der Waals surface area (Å²) in [6, 6.07) is 5.64. The molecule has 1 aromatic carbocycles. The number of halogens is 1. The van der Waals surface area contributed by atoms with Crippen molar-refractivity contribution in [3.05, 3.63) is 23.2 Å². The van der Waals surface area contributed by atoms with E-state index in [1.807, 2.05) is 32.9 Å². The lowest BCUT2D eigenvalue weighted by atomic mass is 9.95. The molecule has 5 heteroatoms. The van der Waals surface area contributed by atoms with Gasteiger partial charge in [-0.3, -0.25) is 4.79 Å². The highest BCUT2D eigenvalue weighted by atomic mass is 35.5. The fraction of sp³-hybridized carbons (Fsp3) is 0.533. The third-order valence-corrected chi connectivity index (χ3v) is 3.54. The predicted molar refractivity (Wildman–Crippen MR) is 82.6 cm³/mol. The second-order valence-corrected chi connectivity index (χ2v) is 6.38. The number of anilines is 2. The van der Waals surface area contributed by atoms with E-state index in [4.69, 9.17) is 16.3 Å². The summed E-state index contributed by atoms with van der Waals surface area (Å²) in [5, 5.41) is 3.54. The molecule has 110 valence electrons. The van der Waals surface area contributed by atoms with Gasteiger partial charge >= 0.3 is 0 Å². The summed E-state index contributed by atoms with van der Waals surface area (Å²) in [5.74, 6) is -0.0207. The zero-order chi connectivity index (χ0) is 14.8. The molecule has 1 heterocycles. The van der Waals surface area contributed by atoms with Gasteiger partial charge in [0.1, 0.15) is 0 Å². The minimum Gasteiger partial charge on any atom is -0.378 e. The first-order chi connectivity index (χ1) is 9.38. The molecule has 0 saturated carbocycles. The molecule has 1 amide bonds. The number of rotatable bonds is 2. The summed E-state index contributed by atoms with van der Waals surface area (Å²) in [7, 11) is 0. The molecule has 4 nitrogen and oxygen atoms in total. The fourth-order valence-corrected chi connectivity index (χ4v) is 2.26. The van der Waals surface area contributed by atoms with Crippen molar-refractivity contribution in [3.63, 3.8) is 0 Å². The second-order valence-electron chi connectivity index (χ2n) is 5.97. The van der Waals surface area contributed by atoms with Crippen LogP contribution in [0.5, 0.6) is 0 Å². The zero-order valence-corrected chi connectivity index (χ0v) is 13.0. The first-order valence-corrected chi connectivity index (χ1v) is 7.19. The smallest absolute Gasteiger partial charge is 0.229 e. The van der Waals surface area contributed by atoms with E-state index in [9.17, 15) is 4.79 Å². The van der Waals surface area contributed by atoms with Gasteiger partial charge in [0.25, 0.3) is 0 Å². The van der Waals surface area contributed by atoms with E-state index in [1.165, 1.54) is 0 Å². The summed E-state index contributed by atoms with van der Waals surface area (Å²) in [4.78, 5) is 14.1. The van der Waals surface area contributed by atoms with Crippen molar-refractivity contribution in [2.75, 3.05) is 36.5 Å². The molecule has 0 bridgehead atoms. The number of carbonyl (C=O) groups excluding carboxylic acids is 1. The third-order valence-electron chi connectivity index (χ3n) is 3.24. The van der Waals surface area contributed by atoms with Gasteiger partial charge in [-0.2, -0.15) is 0 Å². The molecule has 0 radical (unpaired) electrons. The van der Waals surface area contributed by atoms with Gasteiger partial charge in [0.15, 0.2) is 0 Å². The topological polar surface area (TPSA) is 41.6 Å². The molecule has 1 N–H and O–H groups in total. The Labute approximate surface area is 125 Å². The molecule has 0 aromatic heterocycles. The van der Waals surface area contributed by atoms with Gasteiger partial charge in [0.2, 0.25) is 5.91 Å². The second kappa shape index (κ2) is 6.02. The van der Waals surface area contributed by atoms with Crippen molar-refractivity contribution in [1.29, 1.82) is 0 Å². The van der Waals surface area contributed by atoms with Crippen LogP contribution < -0.4 is 10.2 Å². The van der Waals surface area contributed by atoms with E-state index in [2.05, 4.69) is 10.2 Å². The van der Waals surface area contributed by atoms with Crippen LogP contribution >= 0.6 is 11.6 Å². The van der Waals surface area contributed by atoms with Gasteiger partial charge < -0.3 is 15.0 Å². The molecule has 1 aromatic rings. The maximum atomic E-state index is 12.0.